The van der Waals surface area contributed by atoms with Gasteiger partial charge in [0, 0.05) is 13.2 Å². The Morgan fingerprint density at radius 3 is 2.94 bits per heavy atom. The first-order valence-corrected chi connectivity index (χ1v) is 5.58. The van der Waals surface area contributed by atoms with Crippen molar-refractivity contribution in [2.45, 2.75) is 13.8 Å². The minimum Gasteiger partial charge on any atom is -0.489 e. The van der Waals surface area contributed by atoms with Gasteiger partial charge in [-0.25, -0.2) is 4.98 Å². The molecule has 0 atom stereocenters. The maximum absolute atomic E-state index is 11.4. The minimum absolute atomic E-state index is 0.191. The third kappa shape index (κ3) is 4.44. The Morgan fingerprint density at radius 2 is 2.29 bits per heavy atom. The van der Waals surface area contributed by atoms with Crippen LogP contribution in [0.25, 0.3) is 0 Å². The van der Waals surface area contributed by atoms with E-state index >= 15 is 0 Å². The Bertz CT molecular complexity index is 390. The lowest BCUT2D eigenvalue weighted by molar-refractivity contribution is 0.118. The van der Waals surface area contributed by atoms with Gasteiger partial charge < -0.3 is 19.8 Å². The minimum atomic E-state index is -0.298. The molecule has 0 bridgehead atoms. The van der Waals surface area contributed by atoms with Crippen LogP contribution in [0.1, 0.15) is 13.8 Å². The number of hydrogen-bond acceptors (Lipinski definition) is 5. The lowest BCUT2D eigenvalue weighted by Gasteiger charge is -2.10. The molecular formula is C11H19N3O3. The van der Waals surface area contributed by atoms with Crippen LogP contribution in [0.3, 0.4) is 0 Å². The maximum Gasteiger partial charge on any atom is 0.295 e. The fourth-order valence-electron chi connectivity index (χ4n) is 1.26. The summed E-state index contributed by atoms with van der Waals surface area (Å²) < 4.78 is 10.4. The van der Waals surface area contributed by atoms with Crippen LogP contribution in [0.5, 0.6) is 5.75 Å². The molecule has 0 amide bonds. The number of hydrogen-bond donors (Lipinski definition) is 2. The van der Waals surface area contributed by atoms with Gasteiger partial charge in [-0.05, 0) is 5.92 Å². The first kappa shape index (κ1) is 13.5. The Kier molecular flexibility index (Phi) is 5.48. The third-order valence-corrected chi connectivity index (χ3v) is 2.00. The third-order valence-electron chi connectivity index (χ3n) is 2.00. The average molecular weight is 241 g/mol. The lowest BCUT2D eigenvalue weighted by Crippen LogP contribution is -2.17. The zero-order valence-corrected chi connectivity index (χ0v) is 10.4. The van der Waals surface area contributed by atoms with Crippen LogP contribution in [0.4, 0.5) is 5.82 Å². The highest BCUT2D eigenvalue weighted by Gasteiger charge is 2.07. The smallest absolute Gasteiger partial charge is 0.295 e. The van der Waals surface area contributed by atoms with Crippen molar-refractivity contribution in [1.82, 2.24) is 9.97 Å². The maximum atomic E-state index is 11.4. The van der Waals surface area contributed by atoms with Crippen LogP contribution in [0.2, 0.25) is 0 Å². The first-order valence-electron chi connectivity index (χ1n) is 5.58. The Hall–Kier alpha value is -1.56. The number of aromatic nitrogens is 2. The van der Waals surface area contributed by atoms with E-state index in [4.69, 9.17) is 9.47 Å². The molecule has 6 heteroatoms. The second-order valence-corrected chi connectivity index (χ2v) is 4.01. The molecule has 0 unspecified atom stereocenters. The van der Waals surface area contributed by atoms with E-state index in [0.717, 1.165) is 6.61 Å². The number of H-pyrrole nitrogens is 1. The van der Waals surface area contributed by atoms with Crippen LogP contribution in [0.15, 0.2) is 11.1 Å². The second kappa shape index (κ2) is 6.90. The van der Waals surface area contributed by atoms with Gasteiger partial charge in [-0.15, -0.1) is 0 Å². The lowest BCUT2D eigenvalue weighted by atomic mass is 10.2. The number of ether oxygens (including phenoxy) is 2. The van der Waals surface area contributed by atoms with Crippen molar-refractivity contribution in [2.75, 3.05) is 32.2 Å². The van der Waals surface area contributed by atoms with Crippen molar-refractivity contribution < 1.29 is 9.47 Å². The van der Waals surface area contributed by atoms with Gasteiger partial charge in [-0.1, -0.05) is 13.8 Å². The zero-order valence-electron chi connectivity index (χ0n) is 10.4. The van der Waals surface area contributed by atoms with Gasteiger partial charge in [0.15, 0.2) is 5.82 Å². The van der Waals surface area contributed by atoms with Crippen LogP contribution < -0.4 is 15.6 Å². The Morgan fingerprint density at radius 1 is 1.53 bits per heavy atom. The molecule has 1 rings (SSSR count). The summed E-state index contributed by atoms with van der Waals surface area (Å²) in [6.07, 6.45) is 1.34. The van der Waals surface area contributed by atoms with E-state index in [1.54, 1.807) is 0 Å². The van der Waals surface area contributed by atoms with Gasteiger partial charge in [0.05, 0.1) is 20.0 Å². The summed E-state index contributed by atoms with van der Waals surface area (Å²) in [6, 6.07) is 0. The van der Waals surface area contributed by atoms with Crippen LogP contribution in [0, 0.1) is 5.92 Å². The Balaban J connectivity index is 2.41. The summed E-state index contributed by atoms with van der Waals surface area (Å²) in [4.78, 5) is 17.8. The fourth-order valence-corrected chi connectivity index (χ4v) is 1.26. The fraction of sp³-hybridized carbons (Fsp3) is 0.636. The van der Waals surface area contributed by atoms with Crippen molar-refractivity contribution in [3.8, 4) is 5.75 Å². The van der Waals surface area contributed by atoms with Crippen LogP contribution >= 0.6 is 0 Å². The van der Waals surface area contributed by atoms with E-state index in [0.29, 0.717) is 24.9 Å². The van der Waals surface area contributed by atoms with Gasteiger partial charge in [0.1, 0.15) is 0 Å². The molecule has 1 aromatic heterocycles. The summed E-state index contributed by atoms with van der Waals surface area (Å²) in [6.45, 7) is 6.06. The van der Waals surface area contributed by atoms with Crippen LogP contribution in [-0.4, -0.2) is 36.8 Å². The quantitative estimate of drug-likeness (QED) is 0.692. The number of aromatic amines is 1. The monoisotopic (exact) mass is 241 g/mol. The molecule has 1 aromatic rings. The molecule has 17 heavy (non-hydrogen) atoms. The molecule has 0 spiro atoms. The molecule has 0 aliphatic carbocycles. The largest absolute Gasteiger partial charge is 0.489 e. The van der Waals surface area contributed by atoms with E-state index in [2.05, 4.69) is 29.1 Å². The summed E-state index contributed by atoms with van der Waals surface area (Å²) in [5.74, 6) is 1.14. The van der Waals surface area contributed by atoms with E-state index in [-0.39, 0.29) is 11.3 Å². The summed E-state index contributed by atoms with van der Waals surface area (Å²) in [5, 5.41) is 3.00. The summed E-state index contributed by atoms with van der Waals surface area (Å²) in [5.41, 5.74) is -0.298. The highest BCUT2D eigenvalue weighted by atomic mass is 16.5. The van der Waals surface area contributed by atoms with Gasteiger partial charge in [-0.3, -0.25) is 4.79 Å². The summed E-state index contributed by atoms with van der Waals surface area (Å²) >= 11 is 0. The van der Waals surface area contributed by atoms with Crippen molar-refractivity contribution in [1.29, 1.82) is 0 Å². The molecule has 0 radical (unpaired) electrons. The van der Waals surface area contributed by atoms with Crippen molar-refractivity contribution in [3.63, 3.8) is 0 Å². The molecule has 2 N–H and O–H groups in total. The number of nitrogens with one attached hydrogen (secondary N) is 2. The van der Waals surface area contributed by atoms with Crippen molar-refractivity contribution >= 4 is 5.82 Å². The van der Waals surface area contributed by atoms with Gasteiger partial charge in [0.25, 0.3) is 5.56 Å². The van der Waals surface area contributed by atoms with E-state index in [1.807, 2.05) is 0 Å². The van der Waals surface area contributed by atoms with Gasteiger partial charge in [-0.2, -0.15) is 0 Å². The normalized spacial score (nSPS) is 10.6. The van der Waals surface area contributed by atoms with E-state index in [1.165, 1.54) is 13.4 Å². The van der Waals surface area contributed by atoms with Gasteiger partial charge >= 0.3 is 0 Å². The molecular weight excluding hydrogens is 222 g/mol. The Labute approximate surface area is 100 Å². The predicted molar refractivity (Wildman–Crippen MR) is 65.6 cm³/mol. The number of nitrogens with zero attached hydrogens (tertiary/aromatic N) is 1. The number of anilines is 1. The first-order chi connectivity index (χ1) is 8.15. The van der Waals surface area contributed by atoms with E-state index in [9.17, 15) is 4.79 Å². The number of methoxy groups -OCH3 is 1. The molecule has 0 aliphatic heterocycles. The molecule has 1 heterocycles. The SMILES string of the molecule is COc1c(NCCOCC(C)C)nc[nH]c1=O. The zero-order chi connectivity index (χ0) is 12.7. The van der Waals surface area contributed by atoms with Gasteiger partial charge in [0.2, 0.25) is 5.75 Å². The summed E-state index contributed by atoms with van der Waals surface area (Å²) in [7, 11) is 1.44. The van der Waals surface area contributed by atoms with Crippen LogP contribution in [-0.2, 0) is 4.74 Å². The molecule has 0 saturated carbocycles. The topological polar surface area (TPSA) is 76.2 Å². The highest BCUT2D eigenvalue weighted by Crippen LogP contribution is 2.13. The van der Waals surface area contributed by atoms with Crippen molar-refractivity contribution in [2.24, 2.45) is 5.92 Å². The molecule has 0 aromatic carbocycles. The molecule has 0 aliphatic rings. The van der Waals surface area contributed by atoms with E-state index < -0.39 is 0 Å². The highest BCUT2D eigenvalue weighted by molar-refractivity contribution is 5.47. The molecule has 0 fully saturated rings. The molecule has 6 nitrogen and oxygen atoms in total. The molecule has 0 saturated heterocycles. The standard InChI is InChI=1S/C11H19N3O3/c1-8(2)6-17-5-4-12-10-9(16-3)11(15)14-7-13-10/h7-8H,4-6H2,1-3H3,(H2,12,13,14,15). The predicted octanol–water partition coefficient (Wildman–Crippen LogP) is 0.863. The van der Waals surface area contributed by atoms with Crippen molar-refractivity contribution in [3.05, 3.63) is 16.7 Å². The average Bonchev–Trinajstić information content (AvgIpc) is 2.28. The molecule has 96 valence electrons. The second-order valence-electron chi connectivity index (χ2n) is 4.01. The number of rotatable bonds is 7.